The molecule has 0 bridgehead atoms. The molecule has 7 nitrogen and oxygen atoms in total. The second-order valence-electron chi connectivity index (χ2n) is 9.07. The van der Waals surface area contributed by atoms with Crippen LogP contribution in [0.3, 0.4) is 0 Å². The lowest BCUT2D eigenvalue weighted by atomic mass is 10.1. The largest absolute Gasteiger partial charge is 0.506 e. The van der Waals surface area contributed by atoms with E-state index in [0.29, 0.717) is 37.6 Å². The lowest BCUT2D eigenvalue weighted by Gasteiger charge is -2.23. The number of carbonyl (C=O) groups is 1. The van der Waals surface area contributed by atoms with Crippen molar-refractivity contribution in [2.24, 2.45) is 0 Å². The molecular formula is C28H29N3O4S. The molecule has 3 N–H and O–H groups in total. The average Bonchev–Trinajstić information content (AvgIpc) is 3.49. The summed E-state index contributed by atoms with van der Waals surface area (Å²) in [6, 6.07) is 21.9. The lowest BCUT2D eigenvalue weighted by Crippen LogP contribution is -2.41. The van der Waals surface area contributed by atoms with Gasteiger partial charge in [0.1, 0.15) is 17.9 Å². The standard InChI is InChI=1S/C28H29N3O4S/c32-24-11-10-20(26-25(24)30-27(33)36-26)12-14-31(28(34)35-18-19-6-2-1-3-7-19)15-13-29-23-16-21-8-4-5-9-22(21)17-23/h1-11,23,29,32H,12-18H2,(H,30,33). The minimum absolute atomic E-state index is 0.0491. The Balaban J connectivity index is 1.23. The van der Waals surface area contributed by atoms with E-state index in [-0.39, 0.29) is 23.3 Å². The Labute approximate surface area is 213 Å². The number of nitrogens with zero attached hydrogens (tertiary/aromatic N) is 1. The summed E-state index contributed by atoms with van der Waals surface area (Å²) in [6.45, 7) is 1.81. The third kappa shape index (κ3) is 5.61. The lowest BCUT2D eigenvalue weighted by molar-refractivity contribution is 0.0965. The molecule has 1 amide bonds. The van der Waals surface area contributed by atoms with Crippen molar-refractivity contribution >= 4 is 27.6 Å². The third-order valence-electron chi connectivity index (χ3n) is 6.62. The molecule has 4 aromatic rings. The van der Waals surface area contributed by atoms with E-state index in [2.05, 4.69) is 34.6 Å². The van der Waals surface area contributed by atoms with Gasteiger partial charge in [0.05, 0.1) is 4.70 Å². The van der Waals surface area contributed by atoms with Crippen LogP contribution in [0, 0.1) is 0 Å². The highest BCUT2D eigenvalue weighted by atomic mass is 32.1. The predicted molar refractivity (Wildman–Crippen MR) is 142 cm³/mol. The van der Waals surface area contributed by atoms with Crippen molar-refractivity contribution < 1.29 is 14.6 Å². The van der Waals surface area contributed by atoms with E-state index in [1.165, 1.54) is 11.1 Å². The molecule has 0 radical (unpaired) electrons. The minimum atomic E-state index is -0.368. The van der Waals surface area contributed by atoms with Gasteiger partial charge in [-0.05, 0) is 47.6 Å². The maximum absolute atomic E-state index is 13.0. The molecule has 36 heavy (non-hydrogen) atoms. The number of aromatic hydroxyl groups is 1. The zero-order valence-corrected chi connectivity index (χ0v) is 20.7. The van der Waals surface area contributed by atoms with E-state index in [1.807, 2.05) is 36.4 Å². The summed E-state index contributed by atoms with van der Waals surface area (Å²) in [4.78, 5) is 29.1. The number of amides is 1. The summed E-state index contributed by atoms with van der Waals surface area (Å²) in [6.07, 6.45) is 2.16. The van der Waals surface area contributed by atoms with Gasteiger partial charge in [-0.3, -0.25) is 4.79 Å². The fourth-order valence-corrected chi connectivity index (χ4v) is 5.63. The van der Waals surface area contributed by atoms with Crippen molar-refractivity contribution in [2.75, 3.05) is 19.6 Å². The molecule has 1 aromatic heterocycles. The van der Waals surface area contributed by atoms with Gasteiger partial charge in [0.2, 0.25) is 0 Å². The maximum Gasteiger partial charge on any atom is 0.410 e. The summed E-state index contributed by atoms with van der Waals surface area (Å²) >= 11 is 1.07. The Morgan fingerprint density at radius 3 is 2.50 bits per heavy atom. The molecule has 1 aliphatic rings. The van der Waals surface area contributed by atoms with Gasteiger partial charge in [-0.1, -0.05) is 72.0 Å². The maximum atomic E-state index is 13.0. The van der Waals surface area contributed by atoms with Gasteiger partial charge in [-0.2, -0.15) is 0 Å². The quantitative estimate of drug-likeness (QED) is 0.318. The summed E-state index contributed by atoms with van der Waals surface area (Å²) in [5.41, 5.74) is 5.06. The van der Waals surface area contributed by atoms with Crippen LogP contribution in [-0.2, 0) is 30.6 Å². The van der Waals surface area contributed by atoms with E-state index < -0.39 is 0 Å². The molecule has 5 rings (SSSR count). The van der Waals surface area contributed by atoms with Crippen molar-refractivity contribution in [1.29, 1.82) is 0 Å². The van der Waals surface area contributed by atoms with Crippen LogP contribution in [0.5, 0.6) is 5.75 Å². The number of nitrogens with one attached hydrogen (secondary N) is 2. The van der Waals surface area contributed by atoms with Crippen molar-refractivity contribution in [3.63, 3.8) is 0 Å². The number of aromatic amines is 1. The number of fused-ring (bicyclic) bond motifs is 2. The molecular weight excluding hydrogens is 474 g/mol. The van der Waals surface area contributed by atoms with Crippen LogP contribution in [-0.4, -0.2) is 46.8 Å². The number of aromatic nitrogens is 1. The molecule has 0 unspecified atom stereocenters. The molecule has 0 spiro atoms. The number of phenols is 1. The third-order valence-corrected chi connectivity index (χ3v) is 7.58. The monoisotopic (exact) mass is 503 g/mol. The molecule has 0 saturated carbocycles. The molecule has 0 saturated heterocycles. The fourth-order valence-electron chi connectivity index (χ4n) is 4.74. The Bertz CT molecular complexity index is 1370. The number of hydrogen-bond donors (Lipinski definition) is 3. The van der Waals surface area contributed by atoms with Crippen LogP contribution >= 0.6 is 11.3 Å². The summed E-state index contributed by atoms with van der Waals surface area (Å²) in [5, 5.41) is 13.7. The number of benzene rings is 3. The molecule has 186 valence electrons. The summed E-state index contributed by atoms with van der Waals surface area (Å²) in [7, 11) is 0. The van der Waals surface area contributed by atoms with E-state index in [4.69, 9.17) is 4.74 Å². The number of ether oxygens (including phenoxy) is 1. The van der Waals surface area contributed by atoms with Gasteiger partial charge in [0.15, 0.2) is 0 Å². The van der Waals surface area contributed by atoms with Crippen molar-refractivity contribution in [1.82, 2.24) is 15.2 Å². The van der Waals surface area contributed by atoms with Crippen molar-refractivity contribution in [3.8, 4) is 5.75 Å². The zero-order valence-electron chi connectivity index (χ0n) is 19.9. The number of phenolic OH excluding ortho intramolecular Hbond substituents is 1. The van der Waals surface area contributed by atoms with Gasteiger partial charge in [0.25, 0.3) is 0 Å². The van der Waals surface area contributed by atoms with E-state index in [0.717, 1.165) is 40.0 Å². The first-order valence-corrected chi connectivity index (χ1v) is 13.0. The highest BCUT2D eigenvalue weighted by Gasteiger charge is 2.22. The van der Waals surface area contributed by atoms with Crippen LogP contribution < -0.4 is 10.2 Å². The van der Waals surface area contributed by atoms with Crippen LogP contribution in [0.2, 0.25) is 0 Å². The zero-order chi connectivity index (χ0) is 24.9. The van der Waals surface area contributed by atoms with Crippen LogP contribution in [0.15, 0.2) is 71.5 Å². The smallest absolute Gasteiger partial charge is 0.410 e. The van der Waals surface area contributed by atoms with Gasteiger partial charge in [-0.15, -0.1) is 0 Å². The first-order chi connectivity index (χ1) is 17.6. The highest BCUT2D eigenvalue weighted by molar-refractivity contribution is 7.16. The van der Waals surface area contributed by atoms with Gasteiger partial charge >= 0.3 is 11.0 Å². The fraction of sp³-hybridized carbons (Fsp3) is 0.286. The minimum Gasteiger partial charge on any atom is -0.506 e. The Hall–Kier alpha value is -3.62. The second-order valence-corrected chi connectivity index (χ2v) is 10.1. The van der Waals surface area contributed by atoms with Crippen molar-refractivity contribution in [3.05, 3.63) is 98.7 Å². The molecule has 3 aromatic carbocycles. The average molecular weight is 504 g/mol. The van der Waals surface area contributed by atoms with E-state index in [9.17, 15) is 14.7 Å². The summed E-state index contributed by atoms with van der Waals surface area (Å²) < 4.78 is 6.35. The number of hydrogen-bond acceptors (Lipinski definition) is 6. The number of carbonyl (C=O) groups excluding carboxylic acids is 1. The molecule has 0 atom stereocenters. The molecule has 1 aliphatic carbocycles. The molecule has 0 aliphatic heterocycles. The number of rotatable bonds is 9. The van der Waals surface area contributed by atoms with Crippen LogP contribution in [0.4, 0.5) is 4.79 Å². The Morgan fingerprint density at radius 2 is 1.75 bits per heavy atom. The second kappa shape index (κ2) is 11.0. The number of thiazole rings is 1. The normalized spacial score (nSPS) is 13.1. The number of H-pyrrole nitrogens is 1. The topological polar surface area (TPSA) is 94.7 Å². The summed E-state index contributed by atoms with van der Waals surface area (Å²) in [5.74, 6) is 0.0491. The Morgan fingerprint density at radius 1 is 1.03 bits per heavy atom. The van der Waals surface area contributed by atoms with E-state index in [1.54, 1.807) is 11.0 Å². The van der Waals surface area contributed by atoms with E-state index >= 15 is 0 Å². The Kier molecular flexibility index (Phi) is 7.34. The SMILES string of the molecule is O=C(OCc1ccccc1)N(CCNC1Cc2ccccc2C1)CCc1ccc(O)c2[nH]c(=O)sc12. The highest BCUT2D eigenvalue weighted by Crippen LogP contribution is 2.28. The first-order valence-electron chi connectivity index (χ1n) is 12.2. The van der Waals surface area contributed by atoms with Crippen molar-refractivity contribution in [2.45, 2.75) is 31.9 Å². The van der Waals surface area contributed by atoms with Crippen LogP contribution in [0.1, 0.15) is 22.3 Å². The van der Waals surface area contributed by atoms with Crippen LogP contribution in [0.25, 0.3) is 10.2 Å². The predicted octanol–water partition coefficient (Wildman–Crippen LogP) is 4.23. The molecule has 1 heterocycles. The van der Waals surface area contributed by atoms with Gasteiger partial charge in [-0.25, -0.2) is 4.79 Å². The van der Waals surface area contributed by atoms with Gasteiger partial charge in [0, 0.05) is 25.7 Å². The molecule has 8 heteroatoms. The first kappa shape index (κ1) is 24.1. The molecule has 0 fully saturated rings. The van der Waals surface area contributed by atoms with Gasteiger partial charge < -0.3 is 25.0 Å².